The summed E-state index contributed by atoms with van der Waals surface area (Å²) in [6, 6.07) is 13.3. The largest absolute Gasteiger partial charge is 0.395 e. The summed E-state index contributed by atoms with van der Waals surface area (Å²) in [5, 5.41) is 15.3. The van der Waals surface area contributed by atoms with E-state index in [9.17, 15) is 9.90 Å². The van der Waals surface area contributed by atoms with E-state index in [2.05, 4.69) is 22.5 Å². The minimum Gasteiger partial charge on any atom is -0.395 e. The predicted molar refractivity (Wildman–Crippen MR) is 101 cm³/mol. The lowest BCUT2D eigenvalue weighted by Crippen LogP contribution is -2.43. The molecule has 134 valence electrons. The molecule has 0 aliphatic rings. The van der Waals surface area contributed by atoms with Crippen LogP contribution in [0, 0.1) is 0 Å². The molecule has 25 heavy (non-hydrogen) atoms. The number of carbonyl (C=O) groups is 1. The van der Waals surface area contributed by atoms with Gasteiger partial charge in [-0.1, -0.05) is 31.5 Å². The SMILES string of the molecule is CCCc1ccc(N(CCO)C(=O)NCCNc2ccccn2)cc1. The number of hydrogen-bond acceptors (Lipinski definition) is 4. The van der Waals surface area contributed by atoms with E-state index in [4.69, 9.17) is 0 Å². The Kier molecular flexibility index (Phi) is 7.72. The van der Waals surface area contributed by atoms with Gasteiger partial charge < -0.3 is 15.7 Å². The van der Waals surface area contributed by atoms with Crippen molar-refractivity contribution in [2.24, 2.45) is 0 Å². The number of carbonyl (C=O) groups excluding carboxylic acids is 1. The lowest BCUT2D eigenvalue weighted by Gasteiger charge is -2.22. The van der Waals surface area contributed by atoms with Crippen LogP contribution in [0.1, 0.15) is 18.9 Å². The molecule has 0 fully saturated rings. The average molecular weight is 342 g/mol. The smallest absolute Gasteiger partial charge is 0.322 e. The van der Waals surface area contributed by atoms with Crippen molar-refractivity contribution in [3.63, 3.8) is 0 Å². The number of nitrogens with one attached hydrogen (secondary N) is 2. The van der Waals surface area contributed by atoms with Crippen LogP contribution in [0.2, 0.25) is 0 Å². The van der Waals surface area contributed by atoms with Crippen molar-refractivity contribution < 1.29 is 9.90 Å². The standard InChI is InChI=1S/C19H26N4O2/c1-2-5-16-7-9-17(10-8-16)23(14-15-24)19(25)22-13-12-21-18-6-3-4-11-20-18/h3-4,6-11,24H,2,5,12-15H2,1H3,(H,20,21)(H,22,25). The van der Waals surface area contributed by atoms with E-state index < -0.39 is 0 Å². The third-order valence-corrected chi connectivity index (χ3v) is 3.73. The van der Waals surface area contributed by atoms with E-state index in [0.29, 0.717) is 13.1 Å². The quantitative estimate of drug-likeness (QED) is 0.612. The van der Waals surface area contributed by atoms with Crippen molar-refractivity contribution in [2.45, 2.75) is 19.8 Å². The number of anilines is 2. The van der Waals surface area contributed by atoms with Gasteiger partial charge >= 0.3 is 6.03 Å². The Bertz CT molecular complexity index is 632. The first-order chi connectivity index (χ1) is 12.2. The molecule has 0 bridgehead atoms. The molecule has 2 aromatic rings. The molecule has 1 heterocycles. The molecule has 0 spiro atoms. The molecule has 0 unspecified atom stereocenters. The summed E-state index contributed by atoms with van der Waals surface area (Å²) >= 11 is 0. The van der Waals surface area contributed by atoms with E-state index in [0.717, 1.165) is 24.3 Å². The molecule has 1 aromatic heterocycles. The molecule has 2 rings (SSSR count). The van der Waals surface area contributed by atoms with Gasteiger partial charge in [0.05, 0.1) is 13.2 Å². The number of aliphatic hydroxyl groups is 1. The second kappa shape index (κ2) is 10.3. The van der Waals surface area contributed by atoms with Gasteiger partial charge in [0.25, 0.3) is 0 Å². The summed E-state index contributed by atoms with van der Waals surface area (Å²) in [7, 11) is 0. The number of nitrogens with zero attached hydrogens (tertiary/aromatic N) is 2. The Balaban J connectivity index is 1.86. The number of aliphatic hydroxyl groups excluding tert-OH is 1. The average Bonchev–Trinajstić information content (AvgIpc) is 2.65. The first-order valence-electron chi connectivity index (χ1n) is 8.64. The van der Waals surface area contributed by atoms with Crippen LogP contribution >= 0.6 is 0 Å². The highest BCUT2D eigenvalue weighted by atomic mass is 16.3. The summed E-state index contributed by atoms with van der Waals surface area (Å²) in [6.45, 7) is 3.35. The molecule has 6 nitrogen and oxygen atoms in total. The van der Waals surface area contributed by atoms with E-state index in [-0.39, 0.29) is 19.2 Å². The zero-order valence-corrected chi connectivity index (χ0v) is 14.6. The van der Waals surface area contributed by atoms with E-state index in [1.165, 1.54) is 5.56 Å². The third-order valence-electron chi connectivity index (χ3n) is 3.73. The Morgan fingerprint density at radius 3 is 2.60 bits per heavy atom. The number of hydrogen-bond donors (Lipinski definition) is 3. The van der Waals surface area contributed by atoms with Gasteiger partial charge in [-0.2, -0.15) is 0 Å². The second-order valence-corrected chi connectivity index (χ2v) is 5.67. The third kappa shape index (κ3) is 6.08. The Hall–Kier alpha value is -2.60. The first-order valence-corrected chi connectivity index (χ1v) is 8.64. The van der Waals surface area contributed by atoms with Crippen molar-refractivity contribution >= 4 is 17.5 Å². The highest BCUT2D eigenvalue weighted by Crippen LogP contribution is 2.16. The topological polar surface area (TPSA) is 77.5 Å². The second-order valence-electron chi connectivity index (χ2n) is 5.67. The minimum absolute atomic E-state index is 0.0870. The summed E-state index contributed by atoms with van der Waals surface area (Å²) in [5.41, 5.74) is 2.03. The monoisotopic (exact) mass is 342 g/mol. The molecular weight excluding hydrogens is 316 g/mol. The zero-order valence-electron chi connectivity index (χ0n) is 14.6. The van der Waals surface area contributed by atoms with Gasteiger partial charge in [-0.05, 0) is 36.2 Å². The van der Waals surface area contributed by atoms with Crippen molar-refractivity contribution in [3.05, 3.63) is 54.2 Å². The molecule has 6 heteroatoms. The Morgan fingerprint density at radius 2 is 1.96 bits per heavy atom. The van der Waals surface area contributed by atoms with Crippen LogP contribution < -0.4 is 15.5 Å². The van der Waals surface area contributed by atoms with Crippen LogP contribution in [0.5, 0.6) is 0 Å². The molecule has 1 aromatic carbocycles. The maximum absolute atomic E-state index is 12.4. The minimum atomic E-state index is -0.222. The molecule has 0 aliphatic carbocycles. The Labute approximate surface area is 148 Å². The molecule has 0 atom stereocenters. The van der Waals surface area contributed by atoms with E-state index >= 15 is 0 Å². The molecule has 3 N–H and O–H groups in total. The van der Waals surface area contributed by atoms with Gasteiger partial charge in [0.15, 0.2) is 0 Å². The number of aryl methyl sites for hydroxylation is 1. The molecular formula is C19H26N4O2. The van der Waals surface area contributed by atoms with Crippen molar-refractivity contribution in [3.8, 4) is 0 Å². The van der Waals surface area contributed by atoms with E-state index in [1.54, 1.807) is 11.1 Å². The van der Waals surface area contributed by atoms with Gasteiger partial charge in [0, 0.05) is 25.0 Å². The van der Waals surface area contributed by atoms with Crippen LogP contribution in [0.15, 0.2) is 48.7 Å². The highest BCUT2D eigenvalue weighted by Gasteiger charge is 2.14. The normalized spacial score (nSPS) is 10.3. The number of pyridine rings is 1. The van der Waals surface area contributed by atoms with Crippen LogP contribution in [0.3, 0.4) is 0 Å². The lowest BCUT2D eigenvalue weighted by atomic mass is 10.1. The van der Waals surface area contributed by atoms with Gasteiger partial charge in [-0.25, -0.2) is 9.78 Å². The van der Waals surface area contributed by atoms with Crippen LogP contribution in [0.4, 0.5) is 16.3 Å². The number of amides is 2. The number of urea groups is 1. The summed E-state index contributed by atoms with van der Waals surface area (Å²) in [4.78, 5) is 18.1. The maximum atomic E-state index is 12.4. The molecule has 0 radical (unpaired) electrons. The van der Waals surface area contributed by atoms with Crippen LogP contribution in [-0.2, 0) is 6.42 Å². The molecule has 0 saturated carbocycles. The fraction of sp³-hybridized carbons (Fsp3) is 0.368. The summed E-state index contributed by atoms with van der Waals surface area (Å²) in [5.74, 6) is 0.774. The summed E-state index contributed by atoms with van der Waals surface area (Å²) in [6.07, 6.45) is 3.82. The molecule has 0 saturated heterocycles. The van der Waals surface area contributed by atoms with Gasteiger partial charge in [-0.15, -0.1) is 0 Å². The number of benzene rings is 1. The fourth-order valence-electron chi connectivity index (χ4n) is 2.50. The van der Waals surface area contributed by atoms with Crippen LogP contribution in [0.25, 0.3) is 0 Å². The predicted octanol–water partition coefficient (Wildman–Crippen LogP) is 2.65. The van der Waals surface area contributed by atoms with Crippen molar-refractivity contribution in [1.82, 2.24) is 10.3 Å². The number of rotatable bonds is 9. The van der Waals surface area contributed by atoms with Crippen molar-refractivity contribution in [2.75, 3.05) is 36.5 Å². The zero-order chi connectivity index (χ0) is 17.9. The molecule has 2 amide bonds. The molecule has 0 aliphatic heterocycles. The maximum Gasteiger partial charge on any atom is 0.322 e. The fourth-order valence-corrected chi connectivity index (χ4v) is 2.50. The van der Waals surface area contributed by atoms with Gasteiger partial charge in [0.1, 0.15) is 5.82 Å². The van der Waals surface area contributed by atoms with Gasteiger partial charge in [0.2, 0.25) is 0 Å². The Morgan fingerprint density at radius 1 is 1.16 bits per heavy atom. The van der Waals surface area contributed by atoms with Crippen LogP contribution in [-0.4, -0.2) is 42.4 Å². The highest BCUT2D eigenvalue weighted by molar-refractivity contribution is 5.92. The first kappa shape index (κ1) is 18.7. The van der Waals surface area contributed by atoms with Crippen molar-refractivity contribution in [1.29, 1.82) is 0 Å². The number of aromatic nitrogens is 1. The van der Waals surface area contributed by atoms with Gasteiger partial charge in [-0.3, -0.25) is 4.90 Å². The van der Waals surface area contributed by atoms with E-state index in [1.807, 2.05) is 42.5 Å². The lowest BCUT2D eigenvalue weighted by molar-refractivity contribution is 0.242. The summed E-state index contributed by atoms with van der Waals surface area (Å²) < 4.78 is 0.